The van der Waals surface area contributed by atoms with Gasteiger partial charge in [0.15, 0.2) is 0 Å². The van der Waals surface area contributed by atoms with Gasteiger partial charge in [-0.05, 0) is 18.1 Å². The summed E-state index contributed by atoms with van der Waals surface area (Å²) in [5, 5.41) is 10.6. The number of nitro groups is 1. The van der Waals surface area contributed by atoms with E-state index in [-0.39, 0.29) is 10.6 Å². The molecule has 2 aliphatic rings. The van der Waals surface area contributed by atoms with Crippen LogP contribution in [0.15, 0.2) is 30.4 Å². The molecule has 0 N–H and O–H groups in total. The van der Waals surface area contributed by atoms with E-state index in [0.717, 1.165) is 24.2 Å². The number of fused-ring (bicyclic) bond motifs is 3. The third kappa shape index (κ3) is 1.14. The second-order valence-electron chi connectivity index (χ2n) is 3.92. The van der Waals surface area contributed by atoms with Gasteiger partial charge in [-0.3, -0.25) is 10.1 Å². The molecular weight excluding hydrogens is 192 g/mol. The maximum Gasteiger partial charge on any atom is 0.269 e. The van der Waals surface area contributed by atoms with Crippen molar-refractivity contribution in [2.45, 2.75) is 12.5 Å². The topological polar surface area (TPSA) is 46.4 Å². The van der Waals surface area contributed by atoms with Gasteiger partial charge in [0.2, 0.25) is 0 Å². The van der Waals surface area contributed by atoms with Gasteiger partial charge in [-0.25, -0.2) is 0 Å². The average molecular weight is 202 g/mol. The average Bonchev–Trinajstić information content (AvgIpc) is 2.75. The maximum absolute atomic E-state index is 10.6. The summed E-state index contributed by atoms with van der Waals surface area (Å²) in [6.07, 6.45) is 5.22. The van der Waals surface area contributed by atoms with Gasteiger partial charge in [-0.15, -0.1) is 0 Å². The van der Waals surface area contributed by atoms with E-state index in [1.165, 1.54) is 0 Å². The first-order valence-electron chi connectivity index (χ1n) is 4.96. The van der Waals surface area contributed by atoms with Crippen molar-refractivity contribution in [2.24, 2.45) is 0 Å². The molecule has 0 radical (unpaired) electrons. The summed E-state index contributed by atoms with van der Waals surface area (Å²) in [7, 11) is 0. The zero-order chi connectivity index (χ0) is 10.4. The summed E-state index contributed by atoms with van der Waals surface area (Å²) in [4.78, 5) is 12.6. The number of hydrogen-bond acceptors (Lipinski definition) is 3. The van der Waals surface area contributed by atoms with E-state index in [1.54, 1.807) is 12.1 Å². The van der Waals surface area contributed by atoms with Gasteiger partial charge in [0.25, 0.3) is 5.69 Å². The third-order valence-corrected chi connectivity index (χ3v) is 3.07. The van der Waals surface area contributed by atoms with Crippen LogP contribution in [0.1, 0.15) is 5.56 Å². The molecule has 76 valence electrons. The Kier molecular flexibility index (Phi) is 1.59. The standard InChI is InChI=1S/C11H10N2O2/c14-13(15)10-3-4-11-8(7-10)6-9-2-1-5-12(9)11/h1-4,7,9H,5-6H2. The van der Waals surface area contributed by atoms with Gasteiger partial charge in [0.1, 0.15) is 0 Å². The van der Waals surface area contributed by atoms with Crippen molar-refractivity contribution in [3.05, 3.63) is 46.0 Å². The summed E-state index contributed by atoms with van der Waals surface area (Å²) < 4.78 is 0. The lowest BCUT2D eigenvalue weighted by molar-refractivity contribution is -0.384. The highest BCUT2D eigenvalue weighted by molar-refractivity contribution is 5.65. The molecule has 3 rings (SSSR count). The number of nitrogens with zero attached hydrogens (tertiary/aromatic N) is 2. The lowest BCUT2D eigenvalue weighted by atomic mass is 10.1. The van der Waals surface area contributed by atoms with E-state index in [1.807, 2.05) is 6.07 Å². The van der Waals surface area contributed by atoms with Crippen molar-refractivity contribution in [1.82, 2.24) is 0 Å². The molecule has 1 atom stereocenters. The first kappa shape index (κ1) is 8.47. The number of benzene rings is 1. The number of anilines is 1. The molecule has 0 aliphatic carbocycles. The van der Waals surface area contributed by atoms with Gasteiger partial charge in [-0.2, -0.15) is 0 Å². The highest BCUT2D eigenvalue weighted by atomic mass is 16.6. The number of hydrogen-bond donors (Lipinski definition) is 0. The summed E-state index contributed by atoms with van der Waals surface area (Å²) in [5.74, 6) is 0. The SMILES string of the molecule is O=[N+]([O-])c1ccc2c(c1)CC1C=CCN21. The van der Waals surface area contributed by atoms with Gasteiger partial charge in [0, 0.05) is 24.4 Å². The fourth-order valence-corrected chi connectivity index (χ4v) is 2.38. The van der Waals surface area contributed by atoms with Crippen LogP contribution in [0.3, 0.4) is 0 Å². The lowest BCUT2D eigenvalue weighted by Crippen LogP contribution is -2.24. The molecule has 4 heteroatoms. The predicted molar refractivity (Wildman–Crippen MR) is 57.1 cm³/mol. The molecule has 2 aliphatic heterocycles. The zero-order valence-corrected chi connectivity index (χ0v) is 8.09. The van der Waals surface area contributed by atoms with Crippen LogP contribution in [0, 0.1) is 10.1 Å². The molecule has 15 heavy (non-hydrogen) atoms. The van der Waals surface area contributed by atoms with Crippen molar-refractivity contribution in [1.29, 1.82) is 0 Å². The summed E-state index contributed by atoms with van der Waals surface area (Å²) in [5.41, 5.74) is 2.44. The molecule has 0 saturated heterocycles. The predicted octanol–water partition coefficient (Wildman–Crippen LogP) is 1.90. The lowest BCUT2D eigenvalue weighted by Gasteiger charge is -2.18. The summed E-state index contributed by atoms with van der Waals surface area (Å²) in [6, 6.07) is 5.56. The Labute approximate surface area is 87.0 Å². The Hall–Kier alpha value is -1.84. The zero-order valence-electron chi connectivity index (χ0n) is 8.09. The Morgan fingerprint density at radius 3 is 3.13 bits per heavy atom. The van der Waals surface area contributed by atoms with Gasteiger partial charge < -0.3 is 4.90 Å². The van der Waals surface area contributed by atoms with Crippen LogP contribution in [-0.2, 0) is 6.42 Å². The quantitative estimate of drug-likeness (QED) is 0.397. The van der Waals surface area contributed by atoms with Crippen LogP contribution in [0.4, 0.5) is 11.4 Å². The highest BCUT2D eigenvalue weighted by Crippen LogP contribution is 2.36. The van der Waals surface area contributed by atoms with E-state index >= 15 is 0 Å². The van der Waals surface area contributed by atoms with E-state index in [2.05, 4.69) is 17.1 Å². The summed E-state index contributed by atoms with van der Waals surface area (Å²) >= 11 is 0. The molecule has 4 nitrogen and oxygen atoms in total. The number of rotatable bonds is 1. The van der Waals surface area contributed by atoms with E-state index in [9.17, 15) is 10.1 Å². The van der Waals surface area contributed by atoms with Crippen molar-refractivity contribution in [3.63, 3.8) is 0 Å². The van der Waals surface area contributed by atoms with E-state index in [0.29, 0.717) is 6.04 Å². The second kappa shape index (κ2) is 2.82. The van der Waals surface area contributed by atoms with Crippen LogP contribution in [0.5, 0.6) is 0 Å². The fourth-order valence-electron chi connectivity index (χ4n) is 2.38. The Balaban J connectivity index is 2.04. The molecule has 0 spiro atoms. The molecule has 1 unspecified atom stereocenters. The minimum absolute atomic E-state index is 0.193. The molecule has 0 amide bonds. The van der Waals surface area contributed by atoms with Gasteiger partial charge >= 0.3 is 0 Å². The number of nitro benzene ring substituents is 1. The third-order valence-electron chi connectivity index (χ3n) is 3.07. The molecule has 0 saturated carbocycles. The largest absolute Gasteiger partial charge is 0.361 e. The Bertz CT molecular complexity index is 468. The van der Waals surface area contributed by atoms with Crippen LogP contribution in [-0.4, -0.2) is 17.5 Å². The number of non-ortho nitro benzene ring substituents is 1. The van der Waals surface area contributed by atoms with Crippen LogP contribution in [0.2, 0.25) is 0 Å². The molecule has 1 aromatic rings. The maximum atomic E-state index is 10.6. The van der Waals surface area contributed by atoms with Gasteiger partial charge in [-0.1, -0.05) is 12.2 Å². The molecule has 0 fully saturated rings. The fraction of sp³-hybridized carbons (Fsp3) is 0.273. The normalized spacial score (nSPS) is 21.6. The molecule has 0 bridgehead atoms. The van der Waals surface area contributed by atoms with E-state index in [4.69, 9.17) is 0 Å². The van der Waals surface area contributed by atoms with E-state index < -0.39 is 0 Å². The summed E-state index contributed by atoms with van der Waals surface area (Å²) in [6.45, 7) is 0.926. The monoisotopic (exact) mass is 202 g/mol. The van der Waals surface area contributed by atoms with Crippen molar-refractivity contribution >= 4 is 11.4 Å². The highest BCUT2D eigenvalue weighted by Gasteiger charge is 2.30. The Morgan fingerprint density at radius 2 is 2.33 bits per heavy atom. The van der Waals surface area contributed by atoms with Crippen LogP contribution >= 0.6 is 0 Å². The van der Waals surface area contributed by atoms with Crippen LogP contribution < -0.4 is 4.90 Å². The van der Waals surface area contributed by atoms with Crippen LogP contribution in [0.25, 0.3) is 0 Å². The smallest absolute Gasteiger partial charge is 0.269 e. The van der Waals surface area contributed by atoms with Gasteiger partial charge in [0.05, 0.1) is 11.0 Å². The first-order valence-corrected chi connectivity index (χ1v) is 4.96. The second-order valence-corrected chi connectivity index (χ2v) is 3.92. The first-order chi connectivity index (χ1) is 7.25. The molecule has 1 aromatic carbocycles. The minimum Gasteiger partial charge on any atom is -0.361 e. The minimum atomic E-state index is -0.334. The Morgan fingerprint density at radius 1 is 1.47 bits per heavy atom. The molecular formula is C11H10N2O2. The molecule has 2 heterocycles. The van der Waals surface area contributed by atoms with Crippen molar-refractivity contribution in [2.75, 3.05) is 11.4 Å². The van der Waals surface area contributed by atoms with Crippen molar-refractivity contribution < 1.29 is 4.92 Å². The molecule has 0 aromatic heterocycles. The van der Waals surface area contributed by atoms with Crippen molar-refractivity contribution in [3.8, 4) is 0 Å².